The van der Waals surface area contributed by atoms with Crippen LogP contribution in [0.1, 0.15) is 69.4 Å². The van der Waals surface area contributed by atoms with Crippen LogP contribution in [0.25, 0.3) is 0 Å². The van der Waals surface area contributed by atoms with E-state index in [0.717, 1.165) is 44.3 Å². The Bertz CT molecular complexity index is 664. The van der Waals surface area contributed by atoms with Gasteiger partial charge >= 0.3 is 6.18 Å². The number of benzene rings is 1. The van der Waals surface area contributed by atoms with E-state index in [-0.39, 0.29) is 30.1 Å². The molecule has 1 aromatic rings. The lowest BCUT2D eigenvalue weighted by molar-refractivity contribution is -0.141. The molecule has 2 fully saturated rings. The lowest BCUT2D eigenvalue weighted by atomic mass is 9.83. The number of hydrogen-bond donors (Lipinski definition) is 0. The van der Waals surface area contributed by atoms with Gasteiger partial charge in [0, 0.05) is 11.2 Å². The quantitative estimate of drug-likeness (QED) is 0.458. The molecular weight excluding hydrogens is 404 g/mol. The van der Waals surface area contributed by atoms with Gasteiger partial charge in [-0.1, -0.05) is 13.0 Å². The fraction of sp³-hybridized carbons (Fsp3) is 0.727. The van der Waals surface area contributed by atoms with Gasteiger partial charge in [0.25, 0.3) is 0 Å². The Morgan fingerprint density at radius 2 is 1.83 bits per heavy atom. The van der Waals surface area contributed by atoms with E-state index in [4.69, 9.17) is 9.47 Å². The van der Waals surface area contributed by atoms with Crippen molar-refractivity contribution in [2.75, 3.05) is 19.0 Å². The van der Waals surface area contributed by atoms with Crippen LogP contribution in [-0.4, -0.2) is 30.3 Å². The first kappa shape index (κ1) is 22.7. The van der Waals surface area contributed by atoms with Crippen molar-refractivity contribution in [1.82, 2.24) is 0 Å². The van der Waals surface area contributed by atoms with Crippen LogP contribution < -0.4 is 4.74 Å². The molecule has 3 rings (SSSR count). The van der Waals surface area contributed by atoms with E-state index in [1.165, 1.54) is 12.1 Å². The zero-order chi connectivity index (χ0) is 21.0. The van der Waals surface area contributed by atoms with Crippen molar-refractivity contribution in [1.29, 1.82) is 0 Å². The average Bonchev–Trinajstić information content (AvgIpc) is 2.67. The predicted molar refractivity (Wildman–Crippen MR) is 108 cm³/mol. The van der Waals surface area contributed by atoms with Gasteiger partial charge in [-0.15, -0.1) is 0 Å². The normalized spacial score (nSPS) is 28.3. The smallest absolute Gasteiger partial charge is 0.422 e. The molecule has 1 saturated heterocycles. The highest BCUT2D eigenvalue weighted by Gasteiger charge is 2.40. The van der Waals surface area contributed by atoms with E-state index < -0.39 is 23.3 Å². The first-order chi connectivity index (χ1) is 13.8. The minimum absolute atomic E-state index is 0.0290. The molecule has 2 unspecified atom stereocenters. The predicted octanol–water partition coefficient (Wildman–Crippen LogP) is 6.82. The van der Waals surface area contributed by atoms with Crippen molar-refractivity contribution < 1.29 is 27.0 Å². The van der Waals surface area contributed by atoms with E-state index in [1.54, 1.807) is 0 Å². The third kappa shape index (κ3) is 5.81. The molecule has 7 heteroatoms. The lowest BCUT2D eigenvalue weighted by Gasteiger charge is -2.30. The van der Waals surface area contributed by atoms with Gasteiger partial charge in [0.15, 0.2) is 0 Å². The number of halogens is 4. The zero-order valence-corrected chi connectivity index (χ0v) is 17.9. The number of ether oxygens (including phenoxy) is 2. The summed E-state index contributed by atoms with van der Waals surface area (Å²) in [6.45, 7) is 4.64. The maximum atomic E-state index is 15.0. The Hall–Kier alpha value is -0.950. The second-order valence-corrected chi connectivity index (χ2v) is 9.74. The molecule has 0 aromatic heterocycles. The summed E-state index contributed by atoms with van der Waals surface area (Å²) in [5, 5.41) is 0.532. The molecule has 2 aliphatic rings. The highest BCUT2D eigenvalue weighted by atomic mass is 32.2. The molecular formula is C22H30F4O2S. The molecule has 0 spiro atoms. The summed E-state index contributed by atoms with van der Waals surface area (Å²) < 4.78 is 67.1. The van der Waals surface area contributed by atoms with Gasteiger partial charge in [0.1, 0.15) is 17.1 Å². The molecule has 1 aliphatic carbocycles. The van der Waals surface area contributed by atoms with Crippen LogP contribution in [0.3, 0.4) is 0 Å². The van der Waals surface area contributed by atoms with Crippen molar-refractivity contribution >= 4 is 11.8 Å². The van der Waals surface area contributed by atoms with Crippen molar-refractivity contribution in [3.05, 3.63) is 29.1 Å². The fourth-order valence-corrected chi connectivity index (χ4v) is 5.40. The molecule has 2 atom stereocenters. The SMILES string of the molecule is CCSC1CCC(c2ccc(OCC3CCC(C)OC3)c(C(F)(F)F)c2F)CC1. The molecule has 0 bridgehead atoms. The first-order valence-electron chi connectivity index (χ1n) is 10.5. The van der Waals surface area contributed by atoms with E-state index in [9.17, 15) is 13.2 Å². The largest absolute Gasteiger partial charge is 0.492 e. The summed E-state index contributed by atoms with van der Waals surface area (Å²) in [4.78, 5) is 0. The van der Waals surface area contributed by atoms with Crippen LogP contribution >= 0.6 is 11.8 Å². The summed E-state index contributed by atoms with van der Waals surface area (Å²) in [5.41, 5.74) is -1.08. The second-order valence-electron chi connectivity index (χ2n) is 8.17. The lowest BCUT2D eigenvalue weighted by Crippen LogP contribution is -2.28. The van der Waals surface area contributed by atoms with Crippen LogP contribution in [-0.2, 0) is 10.9 Å². The van der Waals surface area contributed by atoms with Crippen LogP contribution in [0.2, 0.25) is 0 Å². The molecule has 0 radical (unpaired) electrons. The Balaban J connectivity index is 1.74. The van der Waals surface area contributed by atoms with Gasteiger partial charge in [0.05, 0.1) is 19.3 Å². The maximum Gasteiger partial charge on any atom is 0.422 e. The molecule has 2 nitrogen and oxygen atoms in total. The molecule has 0 N–H and O–H groups in total. The molecule has 29 heavy (non-hydrogen) atoms. The fourth-order valence-electron chi connectivity index (χ4n) is 4.33. The topological polar surface area (TPSA) is 18.5 Å². The summed E-state index contributed by atoms with van der Waals surface area (Å²) >= 11 is 1.88. The first-order valence-corrected chi connectivity index (χ1v) is 11.6. The second kappa shape index (κ2) is 9.90. The number of alkyl halides is 3. The third-order valence-electron chi connectivity index (χ3n) is 6.01. The Morgan fingerprint density at radius 3 is 2.41 bits per heavy atom. The summed E-state index contributed by atoms with van der Waals surface area (Å²) in [7, 11) is 0. The van der Waals surface area contributed by atoms with Crippen molar-refractivity contribution in [3.63, 3.8) is 0 Å². The van der Waals surface area contributed by atoms with Crippen molar-refractivity contribution in [2.45, 2.75) is 75.8 Å². The van der Waals surface area contributed by atoms with Gasteiger partial charge in [-0.25, -0.2) is 4.39 Å². The average molecular weight is 435 g/mol. The third-order valence-corrected chi connectivity index (χ3v) is 7.28. The van der Waals surface area contributed by atoms with E-state index in [1.807, 2.05) is 18.7 Å². The highest BCUT2D eigenvalue weighted by molar-refractivity contribution is 7.99. The van der Waals surface area contributed by atoms with Gasteiger partial charge in [-0.3, -0.25) is 0 Å². The summed E-state index contributed by atoms with van der Waals surface area (Å²) in [6.07, 6.45) is 0.356. The van der Waals surface area contributed by atoms with Crippen LogP contribution in [0.4, 0.5) is 17.6 Å². The Labute approximate surface area is 174 Å². The van der Waals surface area contributed by atoms with Gasteiger partial charge < -0.3 is 9.47 Å². The minimum atomic E-state index is -4.79. The van der Waals surface area contributed by atoms with Crippen molar-refractivity contribution in [2.24, 2.45) is 5.92 Å². The van der Waals surface area contributed by atoms with Crippen LogP contribution in [0.15, 0.2) is 12.1 Å². The van der Waals surface area contributed by atoms with Crippen LogP contribution in [0, 0.1) is 11.7 Å². The van der Waals surface area contributed by atoms with Gasteiger partial charge in [-0.05, 0) is 68.7 Å². The van der Waals surface area contributed by atoms with Gasteiger partial charge in [0.2, 0.25) is 0 Å². The molecule has 1 saturated carbocycles. The van der Waals surface area contributed by atoms with E-state index >= 15 is 4.39 Å². The summed E-state index contributed by atoms with van der Waals surface area (Å²) in [5.74, 6) is -0.671. The standard InChI is InChI=1S/C22H30F4O2S/c1-3-29-17-8-6-16(7-9-17)18-10-11-19(20(21(18)23)22(24,25)26)28-13-15-5-4-14(2)27-12-15/h10-11,14-17H,3-9,12-13H2,1-2H3. The zero-order valence-electron chi connectivity index (χ0n) is 17.1. The number of thioether (sulfide) groups is 1. The molecule has 1 aromatic carbocycles. The summed E-state index contributed by atoms with van der Waals surface area (Å²) in [6, 6.07) is 2.80. The molecule has 1 heterocycles. The van der Waals surface area contributed by atoms with Gasteiger partial charge in [-0.2, -0.15) is 24.9 Å². The maximum absolute atomic E-state index is 15.0. The van der Waals surface area contributed by atoms with E-state index in [2.05, 4.69) is 6.92 Å². The number of rotatable bonds is 6. The minimum Gasteiger partial charge on any atom is -0.492 e. The highest BCUT2D eigenvalue weighted by Crippen LogP contribution is 2.44. The Kier molecular flexibility index (Phi) is 7.76. The monoisotopic (exact) mass is 434 g/mol. The van der Waals surface area contributed by atoms with Crippen LogP contribution in [0.5, 0.6) is 5.75 Å². The Morgan fingerprint density at radius 1 is 1.10 bits per heavy atom. The molecule has 0 amide bonds. The van der Waals surface area contributed by atoms with E-state index in [0.29, 0.717) is 11.9 Å². The molecule has 164 valence electrons. The number of hydrogen-bond acceptors (Lipinski definition) is 3. The van der Waals surface area contributed by atoms with Crippen molar-refractivity contribution in [3.8, 4) is 5.75 Å². The molecule has 1 aliphatic heterocycles.